The van der Waals surface area contributed by atoms with Crippen molar-refractivity contribution in [2.24, 2.45) is 0 Å². The SMILES string of the molecule is CCOc1cc(/C=C2/SC(=O)N(CC)C2=O)cc(I)c1OCC(=O)Nc1ccccc1. The fourth-order valence-corrected chi connectivity index (χ4v) is 4.54. The van der Waals surface area contributed by atoms with Gasteiger partial charge in [-0.3, -0.25) is 19.3 Å². The summed E-state index contributed by atoms with van der Waals surface area (Å²) in [5.74, 6) is 0.317. The van der Waals surface area contributed by atoms with Crippen LogP contribution >= 0.6 is 34.4 Å². The monoisotopic (exact) mass is 552 g/mol. The number of thioether (sulfide) groups is 1. The van der Waals surface area contributed by atoms with Crippen LogP contribution in [0.25, 0.3) is 6.08 Å². The highest BCUT2D eigenvalue weighted by molar-refractivity contribution is 14.1. The minimum absolute atomic E-state index is 0.181. The van der Waals surface area contributed by atoms with Crippen LogP contribution in [0.15, 0.2) is 47.4 Å². The van der Waals surface area contributed by atoms with E-state index in [0.29, 0.717) is 40.8 Å². The Bertz CT molecular complexity index is 1030. The fourth-order valence-electron chi connectivity index (χ4n) is 2.85. The van der Waals surface area contributed by atoms with Gasteiger partial charge in [-0.15, -0.1) is 0 Å². The number of hydrogen-bond acceptors (Lipinski definition) is 6. The van der Waals surface area contributed by atoms with Gasteiger partial charge in [-0.25, -0.2) is 0 Å². The first kappa shape index (κ1) is 23.1. The molecule has 0 aromatic heterocycles. The number of rotatable bonds is 8. The number of nitrogens with zero attached hydrogens (tertiary/aromatic N) is 1. The average molecular weight is 552 g/mol. The summed E-state index contributed by atoms with van der Waals surface area (Å²) in [5.41, 5.74) is 1.39. The first-order valence-electron chi connectivity index (χ1n) is 9.62. The summed E-state index contributed by atoms with van der Waals surface area (Å²) >= 11 is 3.01. The first-order chi connectivity index (χ1) is 14.9. The van der Waals surface area contributed by atoms with Gasteiger partial charge in [-0.2, -0.15) is 0 Å². The van der Waals surface area contributed by atoms with Gasteiger partial charge in [0, 0.05) is 12.2 Å². The van der Waals surface area contributed by atoms with Gasteiger partial charge in [0.05, 0.1) is 15.1 Å². The second-order valence-electron chi connectivity index (χ2n) is 6.39. The molecule has 31 heavy (non-hydrogen) atoms. The van der Waals surface area contributed by atoms with Crippen LogP contribution in [-0.2, 0) is 9.59 Å². The van der Waals surface area contributed by atoms with Crippen LogP contribution < -0.4 is 14.8 Å². The van der Waals surface area contributed by atoms with Gasteiger partial charge in [-0.1, -0.05) is 18.2 Å². The molecule has 7 nitrogen and oxygen atoms in total. The molecule has 3 rings (SSSR count). The Morgan fingerprint density at radius 1 is 1.16 bits per heavy atom. The third kappa shape index (κ3) is 5.79. The van der Waals surface area contributed by atoms with E-state index in [1.165, 1.54) is 4.90 Å². The van der Waals surface area contributed by atoms with Crippen LogP contribution in [0, 0.1) is 3.57 Å². The van der Waals surface area contributed by atoms with Crippen LogP contribution in [-0.4, -0.2) is 41.7 Å². The van der Waals surface area contributed by atoms with Gasteiger partial charge in [0.2, 0.25) is 0 Å². The third-order valence-corrected chi connectivity index (χ3v) is 5.93. The van der Waals surface area contributed by atoms with E-state index in [-0.39, 0.29) is 23.7 Å². The topological polar surface area (TPSA) is 84.9 Å². The van der Waals surface area contributed by atoms with Gasteiger partial charge in [0.25, 0.3) is 17.1 Å². The van der Waals surface area contributed by atoms with Crippen molar-refractivity contribution in [3.8, 4) is 11.5 Å². The average Bonchev–Trinajstić information content (AvgIpc) is 3.00. The zero-order chi connectivity index (χ0) is 22.4. The molecular weight excluding hydrogens is 531 g/mol. The maximum atomic E-state index is 12.4. The second kappa shape index (κ2) is 10.7. The molecule has 0 radical (unpaired) electrons. The Morgan fingerprint density at radius 3 is 2.55 bits per heavy atom. The summed E-state index contributed by atoms with van der Waals surface area (Å²) in [6, 6.07) is 12.7. The Kier molecular flexibility index (Phi) is 7.97. The molecule has 1 N–H and O–H groups in total. The van der Waals surface area contributed by atoms with Crippen molar-refractivity contribution in [1.82, 2.24) is 4.90 Å². The summed E-state index contributed by atoms with van der Waals surface area (Å²) in [4.78, 5) is 38.1. The van der Waals surface area contributed by atoms with Crippen LogP contribution in [0.4, 0.5) is 10.5 Å². The summed E-state index contributed by atoms with van der Waals surface area (Å²) in [5, 5.41) is 2.49. The van der Waals surface area contributed by atoms with Gasteiger partial charge in [0.15, 0.2) is 18.1 Å². The van der Waals surface area contributed by atoms with Crippen molar-refractivity contribution in [2.75, 3.05) is 25.1 Å². The maximum Gasteiger partial charge on any atom is 0.293 e. The molecule has 0 saturated carbocycles. The summed E-state index contributed by atoms with van der Waals surface area (Å²) in [6.45, 7) is 4.16. The lowest BCUT2D eigenvalue weighted by atomic mass is 10.2. The number of amides is 3. The lowest BCUT2D eigenvalue weighted by molar-refractivity contribution is -0.122. The van der Waals surface area contributed by atoms with E-state index in [0.717, 1.165) is 15.3 Å². The highest BCUT2D eigenvalue weighted by Crippen LogP contribution is 2.37. The lowest BCUT2D eigenvalue weighted by Gasteiger charge is -2.15. The molecule has 2 aromatic carbocycles. The summed E-state index contributed by atoms with van der Waals surface area (Å²) in [7, 11) is 0. The molecule has 0 unspecified atom stereocenters. The molecule has 9 heteroatoms. The van der Waals surface area contributed by atoms with Gasteiger partial charge < -0.3 is 14.8 Å². The Labute approximate surface area is 198 Å². The predicted molar refractivity (Wildman–Crippen MR) is 129 cm³/mol. The number of halogens is 1. The molecule has 0 atom stereocenters. The van der Waals surface area contributed by atoms with Gasteiger partial charge >= 0.3 is 0 Å². The van der Waals surface area contributed by atoms with Crippen LogP contribution in [0.3, 0.4) is 0 Å². The van der Waals surface area contributed by atoms with Crippen LogP contribution in [0.2, 0.25) is 0 Å². The van der Waals surface area contributed by atoms with E-state index in [2.05, 4.69) is 27.9 Å². The van der Waals surface area contributed by atoms with Crippen LogP contribution in [0.5, 0.6) is 11.5 Å². The lowest BCUT2D eigenvalue weighted by Crippen LogP contribution is -2.27. The molecule has 1 aliphatic heterocycles. The number of imide groups is 1. The molecule has 1 saturated heterocycles. The smallest absolute Gasteiger partial charge is 0.293 e. The van der Waals surface area contributed by atoms with E-state index in [9.17, 15) is 14.4 Å². The number of likely N-dealkylation sites (N-methyl/N-ethyl adjacent to an activating group) is 1. The number of ether oxygens (including phenoxy) is 2. The zero-order valence-corrected chi connectivity index (χ0v) is 20.0. The Morgan fingerprint density at radius 2 is 1.90 bits per heavy atom. The molecule has 2 aromatic rings. The fraction of sp³-hybridized carbons (Fsp3) is 0.227. The number of carbonyl (C=O) groups is 3. The molecule has 3 amide bonds. The van der Waals surface area contributed by atoms with Crippen molar-refractivity contribution in [2.45, 2.75) is 13.8 Å². The first-order valence-corrected chi connectivity index (χ1v) is 11.5. The minimum atomic E-state index is -0.302. The third-order valence-electron chi connectivity index (χ3n) is 4.22. The predicted octanol–water partition coefficient (Wildman–Crippen LogP) is 4.76. The molecular formula is C22H21IN2O5S. The van der Waals surface area contributed by atoms with Crippen molar-refractivity contribution in [1.29, 1.82) is 0 Å². The van der Waals surface area contributed by atoms with Crippen molar-refractivity contribution in [3.63, 3.8) is 0 Å². The zero-order valence-electron chi connectivity index (χ0n) is 17.0. The Balaban J connectivity index is 1.77. The summed E-state index contributed by atoms with van der Waals surface area (Å²) < 4.78 is 12.2. The van der Waals surface area contributed by atoms with Crippen LogP contribution in [0.1, 0.15) is 19.4 Å². The molecule has 0 aliphatic carbocycles. The number of benzene rings is 2. The molecule has 0 bridgehead atoms. The minimum Gasteiger partial charge on any atom is -0.490 e. The molecule has 1 fully saturated rings. The van der Waals surface area contributed by atoms with Gasteiger partial charge in [-0.05, 0) is 84.1 Å². The standard InChI is InChI=1S/C22H21IN2O5S/c1-3-25-21(27)18(31-22(25)28)12-14-10-16(23)20(17(11-14)29-4-2)30-13-19(26)24-15-8-6-5-7-9-15/h5-12H,3-4,13H2,1-2H3,(H,24,26)/b18-12+. The number of nitrogens with one attached hydrogen (secondary N) is 1. The Hall–Kier alpha value is -2.53. The van der Waals surface area contributed by atoms with E-state index in [1.54, 1.807) is 31.2 Å². The molecule has 0 spiro atoms. The van der Waals surface area contributed by atoms with Crippen molar-refractivity contribution in [3.05, 3.63) is 56.5 Å². The molecule has 1 heterocycles. The molecule has 1 aliphatic rings. The second-order valence-corrected chi connectivity index (χ2v) is 8.55. The molecule has 162 valence electrons. The van der Waals surface area contributed by atoms with E-state index in [4.69, 9.17) is 9.47 Å². The van der Waals surface area contributed by atoms with E-state index in [1.807, 2.05) is 31.2 Å². The van der Waals surface area contributed by atoms with E-state index < -0.39 is 0 Å². The normalized spacial score (nSPS) is 14.8. The summed E-state index contributed by atoms with van der Waals surface area (Å²) in [6.07, 6.45) is 1.66. The highest BCUT2D eigenvalue weighted by atomic mass is 127. The van der Waals surface area contributed by atoms with Gasteiger partial charge in [0.1, 0.15) is 0 Å². The van der Waals surface area contributed by atoms with E-state index >= 15 is 0 Å². The maximum absolute atomic E-state index is 12.4. The number of hydrogen-bond donors (Lipinski definition) is 1. The quantitative estimate of drug-likeness (QED) is 0.376. The largest absolute Gasteiger partial charge is 0.490 e. The van der Waals surface area contributed by atoms with Crippen molar-refractivity contribution < 1.29 is 23.9 Å². The highest BCUT2D eigenvalue weighted by Gasteiger charge is 2.33. The number of anilines is 1. The van der Waals surface area contributed by atoms with Crippen molar-refractivity contribution >= 4 is 63.2 Å². The number of carbonyl (C=O) groups excluding carboxylic acids is 3. The number of para-hydroxylation sites is 1.